The van der Waals surface area contributed by atoms with Crippen LogP contribution in [-0.2, 0) is 13.6 Å². The van der Waals surface area contributed by atoms with E-state index in [1.807, 2.05) is 19.4 Å². The van der Waals surface area contributed by atoms with Crippen LogP contribution in [0.5, 0.6) is 0 Å². The fraction of sp³-hybridized carbons (Fsp3) is 0.538. The lowest BCUT2D eigenvalue weighted by molar-refractivity contribution is 0.633. The molecule has 1 heterocycles. The molecule has 0 amide bonds. The van der Waals surface area contributed by atoms with Gasteiger partial charge in [0.1, 0.15) is 0 Å². The second-order valence-electron chi connectivity index (χ2n) is 4.50. The predicted octanol–water partition coefficient (Wildman–Crippen LogP) is 1.19. The number of nitrogens with one attached hydrogen (secondary N) is 2. The van der Waals surface area contributed by atoms with E-state index in [9.17, 15) is 0 Å². The molecular formula is C13H21N5. The maximum atomic E-state index is 4.57. The molecule has 1 aliphatic carbocycles. The van der Waals surface area contributed by atoms with Crippen LogP contribution in [0.1, 0.15) is 25.3 Å². The standard InChI is InChI=1S/C13H21N5/c1-3-14-13(17-12-6-4-5-7-12)15-8-11-9-16-18(2)10-11/h4-5,9-10,12H,3,6-8H2,1-2H3,(H2,14,15,17). The van der Waals surface area contributed by atoms with Crippen LogP contribution in [0.4, 0.5) is 0 Å². The zero-order chi connectivity index (χ0) is 12.8. The van der Waals surface area contributed by atoms with Crippen molar-refractivity contribution in [3.8, 4) is 0 Å². The maximum Gasteiger partial charge on any atom is 0.191 e. The minimum absolute atomic E-state index is 0.483. The minimum atomic E-state index is 0.483. The van der Waals surface area contributed by atoms with Crippen LogP contribution in [0.3, 0.4) is 0 Å². The van der Waals surface area contributed by atoms with E-state index in [0.717, 1.165) is 30.9 Å². The highest BCUT2D eigenvalue weighted by atomic mass is 15.2. The molecule has 2 rings (SSSR count). The first-order valence-electron chi connectivity index (χ1n) is 6.45. The molecule has 5 heteroatoms. The fourth-order valence-corrected chi connectivity index (χ4v) is 1.97. The number of hydrogen-bond acceptors (Lipinski definition) is 2. The van der Waals surface area contributed by atoms with E-state index in [1.165, 1.54) is 0 Å². The van der Waals surface area contributed by atoms with Gasteiger partial charge in [0.15, 0.2) is 5.96 Å². The van der Waals surface area contributed by atoms with Crippen LogP contribution in [-0.4, -0.2) is 28.3 Å². The Balaban J connectivity index is 1.91. The van der Waals surface area contributed by atoms with Gasteiger partial charge in [0, 0.05) is 31.4 Å². The lowest BCUT2D eigenvalue weighted by atomic mass is 10.2. The molecule has 1 aromatic heterocycles. The average Bonchev–Trinajstić information content (AvgIpc) is 2.98. The normalized spacial score (nSPS) is 16.2. The Kier molecular flexibility index (Phi) is 4.39. The van der Waals surface area contributed by atoms with Gasteiger partial charge in [-0.05, 0) is 19.8 Å². The molecule has 0 aromatic carbocycles. The number of rotatable bonds is 4. The molecule has 18 heavy (non-hydrogen) atoms. The second kappa shape index (κ2) is 6.23. The SMILES string of the molecule is CCNC(=NCc1cnn(C)c1)NC1CC=CC1. The Bertz CT molecular complexity index is 424. The summed E-state index contributed by atoms with van der Waals surface area (Å²) in [5, 5.41) is 10.9. The lowest BCUT2D eigenvalue weighted by Crippen LogP contribution is -2.42. The molecule has 0 radical (unpaired) electrons. The molecule has 5 nitrogen and oxygen atoms in total. The summed E-state index contributed by atoms with van der Waals surface area (Å²) in [7, 11) is 1.92. The van der Waals surface area contributed by atoms with Crippen LogP contribution >= 0.6 is 0 Å². The molecule has 0 bridgehead atoms. The number of aliphatic imine (C=N–C) groups is 1. The largest absolute Gasteiger partial charge is 0.357 e. The van der Waals surface area contributed by atoms with Gasteiger partial charge in [-0.25, -0.2) is 4.99 Å². The Morgan fingerprint density at radius 1 is 1.50 bits per heavy atom. The van der Waals surface area contributed by atoms with Gasteiger partial charge in [-0.15, -0.1) is 0 Å². The van der Waals surface area contributed by atoms with Crippen molar-refractivity contribution in [3.63, 3.8) is 0 Å². The van der Waals surface area contributed by atoms with Crippen molar-refractivity contribution in [2.45, 2.75) is 32.4 Å². The highest BCUT2D eigenvalue weighted by Gasteiger charge is 2.11. The monoisotopic (exact) mass is 247 g/mol. The van der Waals surface area contributed by atoms with E-state index in [0.29, 0.717) is 12.6 Å². The molecule has 0 fully saturated rings. The first-order chi connectivity index (χ1) is 8.78. The quantitative estimate of drug-likeness (QED) is 0.477. The van der Waals surface area contributed by atoms with Crippen molar-refractivity contribution in [1.82, 2.24) is 20.4 Å². The van der Waals surface area contributed by atoms with Crippen LogP contribution in [0.2, 0.25) is 0 Å². The first kappa shape index (κ1) is 12.7. The number of aromatic nitrogens is 2. The third-order valence-corrected chi connectivity index (χ3v) is 2.87. The molecule has 1 aromatic rings. The van der Waals surface area contributed by atoms with Gasteiger partial charge in [-0.3, -0.25) is 4.68 Å². The molecule has 98 valence electrons. The molecule has 0 spiro atoms. The van der Waals surface area contributed by atoms with Gasteiger partial charge >= 0.3 is 0 Å². The summed E-state index contributed by atoms with van der Waals surface area (Å²) in [5.74, 6) is 0.884. The molecule has 0 atom stereocenters. The van der Waals surface area contributed by atoms with Crippen molar-refractivity contribution in [2.24, 2.45) is 12.0 Å². The summed E-state index contributed by atoms with van der Waals surface area (Å²) in [6.45, 7) is 3.61. The van der Waals surface area contributed by atoms with Crippen LogP contribution in [0.25, 0.3) is 0 Å². The van der Waals surface area contributed by atoms with E-state index >= 15 is 0 Å². The minimum Gasteiger partial charge on any atom is -0.357 e. The maximum absolute atomic E-state index is 4.57. The van der Waals surface area contributed by atoms with Gasteiger partial charge in [-0.1, -0.05) is 12.2 Å². The highest BCUT2D eigenvalue weighted by Crippen LogP contribution is 2.08. The van der Waals surface area contributed by atoms with E-state index in [4.69, 9.17) is 0 Å². The smallest absolute Gasteiger partial charge is 0.191 e. The van der Waals surface area contributed by atoms with Gasteiger partial charge in [0.05, 0.1) is 12.7 Å². The van der Waals surface area contributed by atoms with Crippen LogP contribution in [0, 0.1) is 0 Å². The highest BCUT2D eigenvalue weighted by molar-refractivity contribution is 5.80. The number of hydrogen-bond donors (Lipinski definition) is 2. The average molecular weight is 247 g/mol. The van der Waals surface area contributed by atoms with Gasteiger partial charge in [0.25, 0.3) is 0 Å². The zero-order valence-electron chi connectivity index (χ0n) is 11.1. The Labute approximate surface area is 108 Å². The molecule has 0 unspecified atom stereocenters. The zero-order valence-corrected chi connectivity index (χ0v) is 11.1. The molecule has 0 saturated carbocycles. The summed E-state index contributed by atoms with van der Waals surface area (Å²) in [6.07, 6.45) is 10.4. The lowest BCUT2D eigenvalue weighted by Gasteiger charge is -2.16. The molecular weight excluding hydrogens is 226 g/mol. The second-order valence-corrected chi connectivity index (χ2v) is 4.50. The van der Waals surface area contributed by atoms with E-state index in [1.54, 1.807) is 4.68 Å². The van der Waals surface area contributed by atoms with Crippen molar-refractivity contribution < 1.29 is 0 Å². The Hall–Kier alpha value is -1.78. The number of guanidine groups is 1. The fourth-order valence-electron chi connectivity index (χ4n) is 1.97. The van der Waals surface area contributed by atoms with Crippen molar-refractivity contribution in [3.05, 3.63) is 30.1 Å². The van der Waals surface area contributed by atoms with E-state index in [2.05, 4.69) is 39.8 Å². The third kappa shape index (κ3) is 3.61. The summed E-state index contributed by atoms with van der Waals surface area (Å²) >= 11 is 0. The number of nitrogens with zero attached hydrogens (tertiary/aromatic N) is 3. The van der Waals surface area contributed by atoms with Crippen LogP contribution < -0.4 is 10.6 Å². The Morgan fingerprint density at radius 2 is 2.28 bits per heavy atom. The third-order valence-electron chi connectivity index (χ3n) is 2.87. The topological polar surface area (TPSA) is 54.2 Å². The number of aryl methyl sites for hydroxylation is 1. The summed E-state index contributed by atoms with van der Waals surface area (Å²) in [5.41, 5.74) is 1.12. The Morgan fingerprint density at radius 3 is 2.89 bits per heavy atom. The molecule has 0 aliphatic heterocycles. The molecule has 2 N–H and O–H groups in total. The van der Waals surface area contributed by atoms with Gasteiger partial charge < -0.3 is 10.6 Å². The van der Waals surface area contributed by atoms with E-state index in [-0.39, 0.29) is 0 Å². The predicted molar refractivity (Wildman–Crippen MR) is 73.3 cm³/mol. The molecule has 1 aliphatic rings. The summed E-state index contributed by atoms with van der Waals surface area (Å²) in [6, 6.07) is 0.483. The van der Waals surface area contributed by atoms with E-state index < -0.39 is 0 Å². The molecule has 0 saturated heterocycles. The van der Waals surface area contributed by atoms with Crippen molar-refractivity contribution >= 4 is 5.96 Å². The summed E-state index contributed by atoms with van der Waals surface area (Å²) < 4.78 is 1.80. The van der Waals surface area contributed by atoms with Crippen molar-refractivity contribution in [1.29, 1.82) is 0 Å². The summed E-state index contributed by atoms with van der Waals surface area (Å²) in [4.78, 5) is 4.57. The van der Waals surface area contributed by atoms with Gasteiger partial charge in [0.2, 0.25) is 0 Å². The first-order valence-corrected chi connectivity index (χ1v) is 6.45. The van der Waals surface area contributed by atoms with Crippen LogP contribution in [0.15, 0.2) is 29.5 Å². The van der Waals surface area contributed by atoms with Crippen molar-refractivity contribution in [2.75, 3.05) is 6.54 Å². The van der Waals surface area contributed by atoms with Gasteiger partial charge in [-0.2, -0.15) is 5.10 Å².